The minimum absolute atomic E-state index is 0.0815. The van der Waals surface area contributed by atoms with Crippen LogP contribution in [0.15, 0.2) is 40.9 Å². The fraction of sp³-hybridized carbons (Fsp3) is 0.389. The zero-order valence-electron chi connectivity index (χ0n) is 13.4. The van der Waals surface area contributed by atoms with Crippen LogP contribution in [-0.4, -0.2) is 35.8 Å². The normalized spacial score (nSPS) is 29.2. The largest absolute Gasteiger partial charge is 0.336 e. The van der Waals surface area contributed by atoms with Crippen LogP contribution < -0.4 is 10.6 Å². The smallest absolute Gasteiger partial charge is 0.319 e. The van der Waals surface area contributed by atoms with Crippen molar-refractivity contribution in [3.63, 3.8) is 0 Å². The first-order chi connectivity index (χ1) is 12.0. The number of allylic oxidation sites excluding steroid dienone is 2. The molecule has 1 aromatic carbocycles. The Kier molecular flexibility index (Phi) is 4.11. The highest BCUT2D eigenvalue weighted by Crippen LogP contribution is 2.52. The van der Waals surface area contributed by atoms with Gasteiger partial charge in [-0.25, -0.2) is 4.79 Å². The van der Waals surface area contributed by atoms with Gasteiger partial charge in [0.25, 0.3) is 0 Å². The maximum Gasteiger partial charge on any atom is 0.319 e. The van der Waals surface area contributed by atoms with E-state index in [1.165, 1.54) is 4.90 Å². The van der Waals surface area contributed by atoms with Crippen molar-refractivity contribution < 1.29 is 14.4 Å². The number of fused-ring (bicyclic) bond motifs is 5. The van der Waals surface area contributed by atoms with E-state index in [9.17, 15) is 14.4 Å². The summed E-state index contributed by atoms with van der Waals surface area (Å²) >= 11 is 3.33. The van der Waals surface area contributed by atoms with E-state index in [4.69, 9.17) is 0 Å². The first kappa shape index (κ1) is 16.3. The number of benzene rings is 1. The number of anilines is 1. The Labute approximate surface area is 153 Å². The molecular formula is C18H18BrN3O3. The van der Waals surface area contributed by atoms with E-state index in [2.05, 4.69) is 38.7 Å². The molecule has 0 radical (unpaired) electrons. The lowest BCUT2D eigenvalue weighted by Gasteiger charge is -2.17. The molecule has 0 aromatic heterocycles. The van der Waals surface area contributed by atoms with Gasteiger partial charge in [0.15, 0.2) is 0 Å². The van der Waals surface area contributed by atoms with E-state index >= 15 is 0 Å². The van der Waals surface area contributed by atoms with Gasteiger partial charge in [-0.15, -0.1) is 0 Å². The molecule has 6 nitrogen and oxygen atoms in total. The van der Waals surface area contributed by atoms with Gasteiger partial charge in [-0.05, 0) is 42.5 Å². The number of carbonyl (C=O) groups excluding carboxylic acids is 3. The number of nitrogens with one attached hydrogen (secondary N) is 2. The van der Waals surface area contributed by atoms with Gasteiger partial charge in [-0.2, -0.15) is 0 Å². The molecule has 25 heavy (non-hydrogen) atoms. The van der Waals surface area contributed by atoms with Gasteiger partial charge in [-0.1, -0.05) is 28.1 Å². The topological polar surface area (TPSA) is 78.5 Å². The Morgan fingerprint density at radius 2 is 1.68 bits per heavy atom. The van der Waals surface area contributed by atoms with Gasteiger partial charge >= 0.3 is 6.03 Å². The van der Waals surface area contributed by atoms with Crippen LogP contribution in [0.5, 0.6) is 0 Å². The fourth-order valence-electron chi connectivity index (χ4n) is 4.17. The number of urea groups is 1. The molecule has 4 rings (SSSR count). The molecule has 4 atom stereocenters. The third-order valence-electron chi connectivity index (χ3n) is 5.28. The van der Waals surface area contributed by atoms with Crippen LogP contribution in [0.4, 0.5) is 10.5 Å². The average Bonchev–Trinajstić information content (AvgIpc) is 3.26. The van der Waals surface area contributed by atoms with Crippen LogP contribution in [-0.2, 0) is 9.59 Å². The summed E-state index contributed by atoms with van der Waals surface area (Å²) in [7, 11) is 0. The molecule has 4 amide bonds. The van der Waals surface area contributed by atoms with Gasteiger partial charge in [0.05, 0.1) is 11.8 Å². The Morgan fingerprint density at radius 1 is 1.08 bits per heavy atom. The molecule has 3 aliphatic rings. The molecular weight excluding hydrogens is 386 g/mol. The number of nitrogens with zero attached hydrogens (tertiary/aromatic N) is 1. The lowest BCUT2D eigenvalue weighted by atomic mass is 9.85. The quantitative estimate of drug-likeness (QED) is 0.598. The second kappa shape index (κ2) is 6.29. The lowest BCUT2D eigenvalue weighted by Crippen LogP contribution is -2.40. The Bertz CT molecular complexity index is 731. The molecule has 2 fully saturated rings. The minimum atomic E-state index is -0.358. The summed E-state index contributed by atoms with van der Waals surface area (Å²) < 4.78 is 0.929. The zero-order chi connectivity index (χ0) is 17.6. The average molecular weight is 404 g/mol. The molecule has 1 heterocycles. The maximum absolute atomic E-state index is 12.5. The Hall–Kier alpha value is -2.15. The number of hydrogen-bond acceptors (Lipinski definition) is 3. The SMILES string of the molecule is O=C(NCCN1C(=O)[C@@H]2[C@H](C1=O)[C@H]1C=C[C@H]2C1)Nc1ccc(Br)cc1. The van der Waals surface area contributed by atoms with E-state index in [-0.39, 0.29) is 54.6 Å². The van der Waals surface area contributed by atoms with Crippen LogP contribution in [0, 0.1) is 23.7 Å². The number of likely N-dealkylation sites (tertiary alicyclic amines) is 1. The van der Waals surface area contributed by atoms with E-state index in [1.54, 1.807) is 12.1 Å². The Morgan fingerprint density at radius 3 is 2.28 bits per heavy atom. The van der Waals surface area contributed by atoms with E-state index in [1.807, 2.05) is 12.1 Å². The Balaban J connectivity index is 1.29. The molecule has 1 saturated carbocycles. The third kappa shape index (κ3) is 2.86. The van der Waals surface area contributed by atoms with E-state index < -0.39 is 0 Å². The van der Waals surface area contributed by atoms with Crippen molar-refractivity contribution in [2.75, 3.05) is 18.4 Å². The predicted molar refractivity (Wildman–Crippen MR) is 95.6 cm³/mol. The summed E-state index contributed by atoms with van der Waals surface area (Å²) in [5.74, 6) is -0.0997. The molecule has 2 bridgehead atoms. The van der Waals surface area contributed by atoms with Crippen LogP contribution in [0.1, 0.15) is 6.42 Å². The molecule has 130 valence electrons. The minimum Gasteiger partial charge on any atom is -0.336 e. The van der Waals surface area contributed by atoms with Crippen LogP contribution in [0.25, 0.3) is 0 Å². The van der Waals surface area contributed by atoms with Gasteiger partial charge in [0.1, 0.15) is 0 Å². The molecule has 2 N–H and O–H groups in total. The summed E-state index contributed by atoms with van der Waals surface area (Å²) in [6.07, 6.45) is 5.07. The zero-order valence-corrected chi connectivity index (χ0v) is 15.0. The molecule has 1 aliphatic heterocycles. The highest BCUT2D eigenvalue weighted by molar-refractivity contribution is 9.10. The van der Waals surface area contributed by atoms with E-state index in [0.29, 0.717) is 5.69 Å². The van der Waals surface area contributed by atoms with Crippen molar-refractivity contribution in [1.82, 2.24) is 10.2 Å². The molecule has 1 aromatic rings. The summed E-state index contributed by atoms with van der Waals surface area (Å²) in [6.45, 7) is 0.458. The van der Waals surface area contributed by atoms with Crippen molar-refractivity contribution in [1.29, 1.82) is 0 Å². The number of rotatable bonds is 4. The van der Waals surface area contributed by atoms with Crippen LogP contribution >= 0.6 is 15.9 Å². The summed E-state index contributed by atoms with van der Waals surface area (Å²) in [4.78, 5) is 38.3. The number of imide groups is 1. The molecule has 0 unspecified atom stereocenters. The van der Waals surface area contributed by atoms with Crippen molar-refractivity contribution in [3.8, 4) is 0 Å². The summed E-state index contributed by atoms with van der Waals surface area (Å²) in [6, 6.07) is 6.86. The van der Waals surface area contributed by atoms with Crippen molar-refractivity contribution >= 4 is 39.5 Å². The van der Waals surface area contributed by atoms with Gasteiger partial charge in [0.2, 0.25) is 11.8 Å². The van der Waals surface area contributed by atoms with Crippen LogP contribution in [0.3, 0.4) is 0 Å². The number of carbonyl (C=O) groups is 3. The van der Waals surface area contributed by atoms with Crippen LogP contribution in [0.2, 0.25) is 0 Å². The van der Waals surface area contributed by atoms with Gasteiger partial charge in [-0.3, -0.25) is 14.5 Å². The molecule has 1 saturated heterocycles. The summed E-state index contributed by atoms with van der Waals surface area (Å²) in [5.41, 5.74) is 0.672. The number of amides is 4. The second-order valence-electron chi connectivity index (χ2n) is 6.72. The third-order valence-corrected chi connectivity index (χ3v) is 5.81. The molecule has 7 heteroatoms. The van der Waals surface area contributed by atoms with Gasteiger partial charge in [0, 0.05) is 23.2 Å². The molecule has 0 spiro atoms. The highest BCUT2D eigenvalue weighted by Gasteiger charge is 2.58. The van der Waals surface area contributed by atoms with Gasteiger partial charge < -0.3 is 10.6 Å². The predicted octanol–water partition coefficient (Wildman–Crippen LogP) is 2.38. The first-order valence-electron chi connectivity index (χ1n) is 8.38. The number of hydrogen-bond donors (Lipinski definition) is 2. The van der Waals surface area contributed by atoms with E-state index in [0.717, 1.165) is 10.9 Å². The van der Waals surface area contributed by atoms with Crippen molar-refractivity contribution in [2.45, 2.75) is 6.42 Å². The molecule has 2 aliphatic carbocycles. The monoisotopic (exact) mass is 403 g/mol. The number of halogens is 1. The first-order valence-corrected chi connectivity index (χ1v) is 9.18. The standard InChI is InChI=1S/C18H18BrN3O3/c19-12-3-5-13(6-4-12)21-18(25)20-7-8-22-16(23)14-10-1-2-11(9-10)15(14)17(22)24/h1-6,10-11,14-15H,7-9H2,(H2,20,21,25)/t10-,11-,14-,15+/m0/s1. The van der Waals surface area contributed by atoms with Crippen molar-refractivity contribution in [2.24, 2.45) is 23.7 Å². The maximum atomic E-state index is 12.5. The lowest BCUT2D eigenvalue weighted by molar-refractivity contribution is -0.140. The fourth-order valence-corrected chi connectivity index (χ4v) is 4.44. The highest BCUT2D eigenvalue weighted by atomic mass is 79.9. The second-order valence-corrected chi connectivity index (χ2v) is 7.63. The summed E-state index contributed by atoms with van der Waals surface area (Å²) in [5, 5.41) is 5.41. The van der Waals surface area contributed by atoms with Crippen molar-refractivity contribution in [3.05, 3.63) is 40.9 Å².